The van der Waals surface area contributed by atoms with Gasteiger partial charge < -0.3 is 5.32 Å². The van der Waals surface area contributed by atoms with Gasteiger partial charge in [0.25, 0.3) is 5.91 Å². The maximum Gasteiger partial charge on any atom is 0.296 e. The predicted octanol–water partition coefficient (Wildman–Crippen LogP) is 4.54. The van der Waals surface area contributed by atoms with Gasteiger partial charge in [-0.15, -0.1) is 5.10 Å². The largest absolute Gasteiger partial charge is 0.304 e. The highest BCUT2D eigenvalue weighted by Crippen LogP contribution is 2.21. The number of carbonyl (C=O) groups is 1. The van der Waals surface area contributed by atoms with E-state index in [1.165, 1.54) is 0 Å². The number of carbonyl (C=O) groups excluding carboxylic acids is 1. The summed E-state index contributed by atoms with van der Waals surface area (Å²) in [7, 11) is 0. The Kier molecular flexibility index (Phi) is 4.87. The zero-order valence-electron chi connectivity index (χ0n) is 15.0. The maximum atomic E-state index is 12.5. The molecule has 0 saturated heterocycles. The average molecular weight is 390 g/mol. The maximum absolute atomic E-state index is 12.5. The lowest BCUT2D eigenvalue weighted by Crippen LogP contribution is -2.15. The first-order chi connectivity index (χ1) is 13.6. The van der Waals surface area contributed by atoms with Gasteiger partial charge in [0.2, 0.25) is 5.82 Å². The van der Waals surface area contributed by atoms with E-state index in [0.29, 0.717) is 22.4 Å². The number of benzene rings is 2. The molecule has 1 N–H and O–H groups in total. The van der Waals surface area contributed by atoms with E-state index in [9.17, 15) is 4.79 Å². The van der Waals surface area contributed by atoms with Crippen molar-refractivity contribution in [2.45, 2.75) is 6.92 Å². The fourth-order valence-electron chi connectivity index (χ4n) is 2.78. The summed E-state index contributed by atoms with van der Waals surface area (Å²) in [5.74, 6) is 0.599. The van der Waals surface area contributed by atoms with Crippen LogP contribution in [0.2, 0.25) is 5.02 Å². The fourth-order valence-corrected chi connectivity index (χ4v) is 3.00. The van der Waals surface area contributed by atoms with Crippen LogP contribution in [-0.4, -0.2) is 25.7 Å². The Morgan fingerprint density at radius 3 is 2.43 bits per heavy atom. The van der Waals surface area contributed by atoms with E-state index in [1.54, 1.807) is 29.9 Å². The molecule has 0 aliphatic rings. The Bertz CT molecular complexity index is 1120. The number of amides is 1. The number of aryl methyl sites for hydroxylation is 1. The molecule has 0 aliphatic heterocycles. The van der Waals surface area contributed by atoms with Crippen molar-refractivity contribution >= 4 is 23.3 Å². The lowest BCUT2D eigenvalue weighted by molar-refractivity contribution is 0.101. The van der Waals surface area contributed by atoms with Crippen molar-refractivity contribution in [1.82, 2.24) is 19.7 Å². The molecule has 7 heteroatoms. The molecule has 0 bridgehead atoms. The number of para-hydroxylation sites is 1. The van der Waals surface area contributed by atoms with Crippen molar-refractivity contribution in [2.75, 3.05) is 5.32 Å². The summed E-state index contributed by atoms with van der Waals surface area (Å²) >= 11 is 6.22. The number of halogens is 1. The number of hydrogen-bond acceptors (Lipinski definition) is 4. The van der Waals surface area contributed by atoms with E-state index >= 15 is 0 Å². The molecule has 4 rings (SSSR count). The Hall–Kier alpha value is -3.51. The molecule has 138 valence electrons. The van der Waals surface area contributed by atoms with E-state index in [1.807, 2.05) is 54.6 Å². The third kappa shape index (κ3) is 3.63. The normalized spacial score (nSPS) is 10.6. The van der Waals surface area contributed by atoms with Crippen molar-refractivity contribution in [3.05, 3.63) is 89.6 Å². The summed E-state index contributed by atoms with van der Waals surface area (Å²) in [6.07, 6.45) is 1.71. The molecule has 4 aromatic rings. The lowest BCUT2D eigenvalue weighted by Gasteiger charge is -2.05. The highest BCUT2D eigenvalue weighted by atomic mass is 35.5. The third-order valence-electron chi connectivity index (χ3n) is 4.16. The third-order valence-corrected chi connectivity index (χ3v) is 4.48. The first-order valence-electron chi connectivity index (χ1n) is 8.63. The molecule has 2 heterocycles. The van der Waals surface area contributed by atoms with Gasteiger partial charge in [-0.1, -0.05) is 54.1 Å². The molecule has 2 aromatic heterocycles. The number of nitrogens with zero attached hydrogens (tertiary/aromatic N) is 4. The van der Waals surface area contributed by atoms with Gasteiger partial charge in [-0.2, -0.15) is 0 Å². The van der Waals surface area contributed by atoms with E-state index in [4.69, 9.17) is 11.6 Å². The highest BCUT2D eigenvalue weighted by Gasteiger charge is 2.17. The molecule has 2 aromatic carbocycles. The second-order valence-corrected chi connectivity index (χ2v) is 6.51. The minimum atomic E-state index is -0.436. The molecular weight excluding hydrogens is 374 g/mol. The Morgan fingerprint density at radius 1 is 0.964 bits per heavy atom. The average Bonchev–Trinajstić information content (AvgIpc) is 3.11. The monoisotopic (exact) mass is 389 g/mol. The van der Waals surface area contributed by atoms with Gasteiger partial charge in [0.1, 0.15) is 11.6 Å². The smallest absolute Gasteiger partial charge is 0.296 e. The van der Waals surface area contributed by atoms with Crippen LogP contribution < -0.4 is 5.32 Å². The summed E-state index contributed by atoms with van der Waals surface area (Å²) in [4.78, 5) is 21.1. The first-order valence-corrected chi connectivity index (χ1v) is 9.01. The topological polar surface area (TPSA) is 72.7 Å². The summed E-state index contributed by atoms with van der Waals surface area (Å²) in [5.41, 5.74) is 2.69. The highest BCUT2D eigenvalue weighted by molar-refractivity contribution is 6.32. The number of aromatic nitrogens is 4. The van der Waals surface area contributed by atoms with Gasteiger partial charge in [0.05, 0.1) is 10.7 Å². The zero-order chi connectivity index (χ0) is 19.5. The molecular formula is C21H16ClN5O. The summed E-state index contributed by atoms with van der Waals surface area (Å²) < 4.78 is 1.54. The molecule has 0 fully saturated rings. The number of rotatable bonds is 4. The Labute approximate surface area is 166 Å². The number of anilines is 1. The molecule has 0 saturated carbocycles. The van der Waals surface area contributed by atoms with Gasteiger partial charge in [0.15, 0.2) is 0 Å². The molecule has 1 amide bonds. The predicted molar refractivity (Wildman–Crippen MR) is 109 cm³/mol. The van der Waals surface area contributed by atoms with Gasteiger partial charge in [-0.3, -0.25) is 4.79 Å². The van der Waals surface area contributed by atoms with E-state index < -0.39 is 5.91 Å². The molecule has 0 atom stereocenters. The minimum Gasteiger partial charge on any atom is -0.304 e. The van der Waals surface area contributed by atoms with Gasteiger partial charge in [0, 0.05) is 11.8 Å². The van der Waals surface area contributed by atoms with Crippen LogP contribution in [0.1, 0.15) is 16.4 Å². The standard InChI is InChI=1S/C21H16ClN5O/c1-14-24-20(26-27(14)18-10-6-5-9-17(18)22)21(28)25-19-12-11-16(13-23-19)15-7-3-2-4-8-15/h2-13H,1H3,(H,23,25,28). The lowest BCUT2D eigenvalue weighted by atomic mass is 10.1. The molecule has 28 heavy (non-hydrogen) atoms. The molecule has 0 radical (unpaired) electrons. The van der Waals surface area contributed by atoms with E-state index in [-0.39, 0.29) is 5.82 Å². The quantitative estimate of drug-likeness (QED) is 0.556. The van der Waals surface area contributed by atoms with Crippen LogP contribution in [-0.2, 0) is 0 Å². The van der Waals surface area contributed by atoms with Crippen LogP contribution in [0.15, 0.2) is 72.9 Å². The van der Waals surface area contributed by atoms with Gasteiger partial charge >= 0.3 is 0 Å². The van der Waals surface area contributed by atoms with Crippen LogP contribution in [0.4, 0.5) is 5.82 Å². The second-order valence-electron chi connectivity index (χ2n) is 6.10. The van der Waals surface area contributed by atoms with Gasteiger partial charge in [-0.05, 0) is 36.8 Å². The fraction of sp³-hybridized carbons (Fsp3) is 0.0476. The molecule has 0 unspecified atom stereocenters. The van der Waals surface area contributed by atoms with Crippen molar-refractivity contribution < 1.29 is 4.79 Å². The van der Waals surface area contributed by atoms with Crippen LogP contribution in [0, 0.1) is 6.92 Å². The molecule has 6 nitrogen and oxygen atoms in total. The first kappa shape index (κ1) is 17.9. The minimum absolute atomic E-state index is 0.0476. The zero-order valence-corrected chi connectivity index (χ0v) is 15.8. The second kappa shape index (κ2) is 7.62. The summed E-state index contributed by atoms with van der Waals surface area (Å²) in [6, 6.07) is 20.8. The van der Waals surface area contributed by atoms with Crippen LogP contribution in [0.25, 0.3) is 16.8 Å². The number of nitrogens with one attached hydrogen (secondary N) is 1. The summed E-state index contributed by atoms with van der Waals surface area (Å²) in [6.45, 7) is 1.76. The number of hydrogen-bond donors (Lipinski definition) is 1. The van der Waals surface area contributed by atoms with Crippen molar-refractivity contribution in [1.29, 1.82) is 0 Å². The van der Waals surface area contributed by atoms with Crippen molar-refractivity contribution in [3.63, 3.8) is 0 Å². The Morgan fingerprint density at radius 2 is 1.71 bits per heavy atom. The van der Waals surface area contributed by atoms with E-state index in [2.05, 4.69) is 20.4 Å². The molecule has 0 spiro atoms. The van der Waals surface area contributed by atoms with Crippen molar-refractivity contribution in [3.8, 4) is 16.8 Å². The van der Waals surface area contributed by atoms with Crippen LogP contribution >= 0.6 is 11.6 Å². The van der Waals surface area contributed by atoms with Gasteiger partial charge in [-0.25, -0.2) is 14.6 Å². The molecule has 0 aliphatic carbocycles. The van der Waals surface area contributed by atoms with E-state index in [0.717, 1.165) is 11.1 Å². The van der Waals surface area contributed by atoms with Crippen LogP contribution in [0.5, 0.6) is 0 Å². The number of pyridine rings is 1. The van der Waals surface area contributed by atoms with Crippen molar-refractivity contribution in [2.24, 2.45) is 0 Å². The Balaban J connectivity index is 1.53. The SMILES string of the molecule is Cc1nc(C(=O)Nc2ccc(-c3ccccc3)cn2)nn1-c1ccccc1Cl. The van der Waals surface area contributed by atoms with Crippen LogP contribution in [0.3, 0.4) is 0 Å². The summed E-state index contributed by atoms with van der Waals surface area (Å²) in [5, 5.41) is 7.53.